The molecule has 1 fully saturated rings. The summed E-state index contributed by atoms with van der Waals surface area (Å²) < 4.78 is 5.27. The summed E-state index contributed by atoms with van der Waals surface area (Å²) in [4.78, 5) is 19.1. The van der Waals surface area contributed by atoms with Crippen LogP contribution < -0.4 is 0 Å². The van der Waals surface area contributed by atoms with E-state index in [2.05, 4.69) is 4.98 Å². The number of rotatable bonds is 1. The van der Waals surface area contributed by atoms with Gasteiger partial charge >= 0.3 is 6.03 Å². The van der Waals surface area contributed by atoms with Gasteiger partial charge in [-0.1, -0.05) is 6.08 Å². The zero-order chi connectivity index (χ0) is 10.4. The first-order valence-electron chi connectivity index (χ1n) is 4.88. The number of aromatic nitrogens is 1. The zero-order valence-corrected chi connectivity index (χ0v) is 8.38. The lowest BCUT2D eigenvalue weighted by atomic mass is 10.0. The number of urea groups is 1. The van der Waals surface area contributed by atoms with Gasteiger partial charge in [0.15, 0.2) is 12.2 Å². The van der Waals surface area contributed by atoms with Crippen molar-refractivity contribution >= 4 is 11.6 Å². The predicted octanol–water partition coefficient (Wildman–Crippen LogP) is 0.808. The Morgan fingerprint density at radius 1 is 1.60 bits per heavy atom. The highest BCUT2D eigenvalue weighted by molar-refractivity contribution is 5.84. The van der Waals surface area contributed by atoms with Crippen LogP contribution in [0.3, 0.4) is 0 Å². The van der Waals surface area contributed by atoms with Gasteiger partial charge in [0.2, 0.25) is 0 Å². The quantitative estimate of drug-likeness (QED) is 0.681. The fraction of sp³-hybridized carbons (Fsp3) is 0.400. The number of hydrogen-bond acceptors (Lipinski definition) is 3. The van der Waals surface area contributed by atoms with E-state index in [-0.39, 0.29) is 12.1 Å². The van der Waals surface area contributed by atoms with Gasteiger partial charge < -0.3 is 14.2 Å². The minimum absolute atomic E-state index is 0.0887. The molecule has 3 rings (SSSR count). The summed E-state index contributed by atoms with van der Waals surface area (Å²) in [6, 6.07) is 0.199. The molecule has 3 heterocycles. The lowest BCUT2D eigenvalue weighted by Crippen LogP contribution is -2.30. The maximum Gasteiger partial charge on any atom is 0.320 e. The van der Waals surface area contributed by atoms with Gasteiger partial charge in [0.25, 0.3) is 0 Å². The van der Waals surface area contributed by atoms with E-state index in [9.17, 15) is 4.79 Å². The van der Waals surface area contributed by atoms with Gasteiger partial charge in [-0.15, -0.1) is 0 Å². The fourth-order valence-electron chi connectivity index (χ4n) is 2.19. The molecule has 15 heavy (non-hydrogen) atoms. The summed E-state index contributed by atoms with van der Waals surface area (Å²) in [5, 5.41) is 0. The molecule has 0 aromatic carbocycles. The maximum atomic E-state index is 11.7. The number of oxazole rings is 1. The van der Waals surface area contributed by atoms with Crippen molar-refractivity contribution in [3.05, 3.63) is 24.4 Å². The minimum atomic E-state index is 0.0887. The number of fused-ring (bicyclic) bond motifs is 2. The van der Waals surface area contributed by atoms with Crippen LogP contribution >= 0.6 is 0 Å². The summed E-state index contributed by atoms with van der Waals surface area (Å²) >= 11 is 0. The number of hydrogen-bond donors (Lipinski definition) is 0. The van der Waals surface area contributed by atoms with E-state index >= 15 is 0 Å². The van der Waals surface area contributed by atoms with Gasteiger partial charge in [-0.05, 0) is 0 Å². The molecule has 1 aromatic rings. The first kappa shape index (κ1) is 8.52. The van der Waals surface area contributed by atoms with Crippen LogP contribution in [0.25, 0.3) is 5.57 Å². The van der Waals surface area contributed by atoms with E-state index in [1.807, 2.05) is 18.0 Å². The van der Waals surface area contributed by atoms with Crippen molar-refractivity contribution < 1.29 is 9.21 Å². The molecule has 2 aliphatic heterocycles. The largest absolute Gasteiger partial charge is 0.444 e. The molecule has 1 saturated heterocycles. The predicted molar refractivity (Wildman–Crippen MR) is 53.0 cm³/mol. The third-order valence-electron chi connectivity index (χ3n) is 3.04. The lowest BCUT2D eigenvalue weighted by molar-refractivity contribution is 0.201. The van der Waals surface area contributed by atoms with Crippen molar-refractivity contribution in [2.75, 3.05) is 20.1 Å². The molecule has 0 radical (unpaired) electrons. The second kappa shape index (κ2) is 2.85. The molecule has 0 aliphatic carbocycles. The third kappa shape index (κ3) is 1.09. The average molecular weight is 205 g/mol. The first-order valence-corrected chi connectivity index (χ1v) is 4.88. The summed E-state index contributed by atoms with van der Waals surface area (Å²) in [6.07, 6.45) is 5.15. The molecule has 1 aromatic heterocycles. The number of likely N-dealkylation sites (N-methyl/N-ethyl adjacent to an activating group) is 1. The Morgan fingerprint density at radius 3 is 3.20 bits per heavy atom. The van der Waals surface area contributed by atoms with Crippen LogP contribution in [0.1, 0.15) is 5.76 Å². The lowest BCUT2D eigenvalue weighted by Gasteiger charge is -2.21. The SMILES string of the molecule is CN1C(=O)N2CC=C(c3cnco3)C1C2. The molecular formula is C10H11N3O2. The van der Waals surface area contributed by atoms with Crippen molar-refractivity contribution in [3.8, 4) is 0 Å². The zero-order valence-electron chi connectivity index (χ0n) is 8.38. The molecular weight excluding hydrogens is 194 g/mol. The monoisotopic (exact) mass is 205 g/mol. The number of amides is 2. The Morgan fingerprint density at radius 2 is 2.47 bits per heavy atom. The minimum Gasteiger partial charge on any atom is -0.444 e. The van der Waals surface area contributed by atoms with E-state index in [0.29, 0.717) is 6.54 Å². The molecule has 5 nitrogen and oxygen atoms in total. The highest BCUT2D eigenvalue weighted by Gasteiger charge is 2.40. The van der Waals surface area contributed by atoms with Gasteiger partial charge in [-0.3, -0.25) is 0 Å². The van der Waals surface area contributed by atoms with Crippen LogP contribution in [-0.4, -0.2) is 47.0 Å². The molecule has 78 valence electrons. The molecule has 5 heteroatoms. The van der Waals surface area contributed by atoms with Crippen molar-refractivity contribution in [3.63, 3.8) is 0 Å². The van der Waals surface area contributed by atoms with Crippen LogP contribution in [-0.2, 0) is 0 Å². The Kier molecular flexibility index (Phi) is 1.62. The molecule has 2 aliphatic rings. The van der Waals surface area contributed by atoms with Gasteiger partial charge in [-0.25, -0.2) is 9.78 Å². The normalized spacial score (nSPS) is 24.7. The summed E-state index contributed by atoms with van der Waals surface area (Å²) in [6.45, 7) is 1.41. The second-order valence-corrected chi connectivity index (χ2v) is 3.84. The molecule has 1 unspecified atom stereocenters. The van der Waals surface area contributed by atoms with Gasteiger partial charge in [0.05, 0.1) is 12.2 Å². The van der Waals surface area contributed by atoms with Gasteiger partial charge in [0.1, 0.15) is 0 Å². The molecule has 0 spiro atoms. The summed E-state index contributed by atoms with van der Waals surface area (Å²) in [5.74, 6) is 0.765. The van der Waals surface area contributed by atoms with E-state index in [4.69, 9.17) is 4.42 Å². The standard InChI is InChI=1S/C10H11N3O2/c1-12-8-5-13(10(12)14)3-2-7(8)9-4-11-6-15-9/h2,4,6,8H,3,5H2,1H3. The van der Waals surface area contributed by atoms with E-state index < -0.39 is 0 Å². The summed E-state index contributed by atoms with van der Waals surface area (Å²) in [5.41, 5.74) is 1.07. The van der Waals surface area contributed by atoms with Crippen molar-refractivity contribution in [2.24, 2.45) is 0 Å². The number of nitrogens with zero attached hydrogens (tertiary/aromatic N) is 3. The van der Waals surface area contributed by atoms with Crippen molar-refractivity contribution in [2.45, 2.75) is 6.04 Å². The third-order valence-corrected chi connectivity index (χ3v) is 3.04. The van der Waals surface area contributed by atoms with E-state index in [0.717, 1.165) is 17.9 Å². The molecule has 2 bridgehead atoms. The van der Waals surface area contributed by atoms with Gasteiger partial charge in [-0.2, -0.15) is 0 Å². The number of carbonyl (C=O) groups excluding carboxylic acids is 1. The molecule has 1 atom stereocenters. The van der Waals surface area contributed by atoms with Crippen LogP contribution in [0.5, 0.6) is 0 Å². The highest BCUT2D eigenvalue weighted by atomic mass is 16.3. The van der Waals surface area contributed by atoms with Crippen LogP contribution in [0.4, 0.5) is 4.79 Å². The molecule has 0 saturated carbocycles. The first-order chi connectivity index (χ1) is 7.27. The number of carbonyl (C=O) groups is 1. The Hall–Kier alpha value is -1.78. The fourth-order valence-corrected chi connectivity index (χ4v) is 2.19. The molecule has 2 amide bonds. The highest BCUT2D eigenvalue weighted by Crippen LogP contribution is 2.30. The van der Waals surface area contributed by atoms with E-state index in [1.54, 1.807) is 11.1 Å². The Balaban J connectivity index is 2.00. The van der Waals surface area contributed by atoms with Crippen molar-refractivity contribution in [1.29, 1.82) is 0 Å². The molecule has 0 N–H and O–H groups in total. The topological polar surface area (TPSA) is 49.6 Å². The summed E-state index contributed by atoms with van der Waals surface area (Å²) in [7, 11) is 1.82. The maximum absolute atomic E-state index is 11.7. The average Bonchev–Trinajstić information content (AvgIpc) is 2.85. The smallest absolute Gasteiger partial charge is 0.320 e. The van der Waals surface area contributed by atoms with Gasteiger partial charge in [0, 0.05) is 25.7 Å². The van der Waals surface area contributed by atoms with Crippen LogP contribution in [0.2, 0.25) is 0 Å². The second-order valence-electron chi connectivity index (χ2n) is 3.84. The van der Waals surface area contributed by atoms with Crippen LogP contribution in [0, 0.1) is 0 Å². The van der Waals surface area contributed by atoms with E-state index in [1.165, 1.54) is 6.39 Å². The Labute approximate surface area is 87.0 Å². The van der Waals surface area contributed by atoms with Crippen molar-refractivity contribution in [1.82, 2.24) is 14.8 Å². The Bertz CT molecular complexity index is 424. The van der Waals surface area contributed by atoms with Crippen LogP contribution in [0.15, 0.2) is 23.1 Å².